The van der Waals surface area contributed by atoms with Crippen molar-refractivity contribution in [2.45, 2.75) is 18.8 Å². The number of nitrogens with one attached hydrogen (secondary N) is 2. The molecule has 3 aromatic heterocycles. The monoisotopic (exact) mass is 357 g/mol. The Morgan fingerprint density at radius 2 is 2.19 bits per heavy atom. The van der Waals surface area contributed by atoms with Crippen LogP contribution in [0.1, 0.15) is 23.5 Å². The molecule has 1 aliphatic carbocycles. The van der Waals surface area contributed by atoms with Gasteiger partial charge in [-0.25, -0.2) is 0 Å². The van der Waals surface area contributed by atoms with Crippen LogP contribution in [-0.4, -0.2) is 29.9 Å². The Kier molecular flexibility index (Phi) is 3.57. The van der Waals surface area contributed by atoms with Crippen molar-refractivity contribution in [1.82, 2.24) is 29.9 Å². The first-order chi connectivity index (χ1) is 13.3. The second-order valence-electron chi connectivity index (χ2n) is 6.54. The summed E-state index contributed by atoms with van der Waals surface area (Å²) >= 11 is 0. The molecule has 0 aliphatic heterocycles. The van der Waals surface area contributed by atoms with Gasteiger partial charge in [-0.3, -0.25) is 10.00 Å². The van der Waals surface area contributed by atoms with E-state index in [2.05, 4.69) is 65.8 Å². The smallest absolute Gasteiger partial charge is 0.346 e. The molecule has 4 aromatic rings. The Balaban J connectivity index is 1.51. The molecule has 0 amide bonds. The molecule has 2 N–H and O–H groups in total. The maximum Gasteiger partial charge on any atom is 0.440 e. The predicted octanol–water partition coefficient (Wildman–Crippen LogP) is 3.52. The lowest BCUT2D eigenvalue weighted by Crippen LogP contribution is -1.97. The van der Waals surface area contributed by atoms with Gasteiger partial charge in [0.25, 0.3) is 0 Å². The molecule has 0 radical (unpaired) electrons. The third-order valence-corrected chi connectivity index (χ3v) is 4.70. The molecule has 1 unspecified atom stereocenters. The first kappa shape index (κ1) is 15.5. The van der Waals surface area contributed by atoms with Crippen molar-refractivity contribution in [3.63, 3.8) is 0 Å². The summed E-state index contributed by atoms with van der Waals surface area (Å²) in [5.41, 5.74) is 3.40. The largest absolute Gasteiger partial charge is 0.440 e. The Morgan fingerprint density at radius 3 is 3.07 bits per heavy atom. The SMILES string of the molecule is Cn1cc(Nc2nc([N+]#CC3CCc4ccccc43)c3cc[nH]c3n2)nn1. The highest BCUT2D eigenvalue weighted by molar-refractivity contribution is 5.89. The van der Waals surface area contributed by atoms with Crippen molar-refractivity contribution in [2.24, 2.45) is 7.05 Å². The van der Waals surface area contributed by atoms with Gasteiger partial charge in [-0.15, -0.1) is 5.10 Å². The standard InChI is InChI=1S/C19H17N8/c1-27-11-16(25-26-27)22-19-23-17-15(8-9-20-17)18(24-19)21-10-13-7-6-12-4-2-3-5-14(12)13/h2-5,8-9,11,13H,6-7H2,1H3,(H2,20,22,23,24)/q+1. The lowest BCUT2D eigenvalue weighted by Gasteiger charge is -1.98. The van der Waals surface area contributed by atoms with Crippen molar-refractivity contribution in [3.05, 3.63) is 58.7 Å². The Labute approximate surface area is 155 Å². The van der Waals surface area contributed by atoms with Gasteiger partial charge in [0, 0.05) is 18.2 Å². The quantitative estimate of drug-likeness (QED) is 0.573. The van der Waals surface area contributed by atoms with E-state index in [1.807, 2.05) is 12.3 Å². The summed E-state index contributed by atoms with van der Waals surface area (Å²) in [4.78, 5) is 16.7. The van der Waals surface area contributed by atoms with Crippen molar-refractivity contribution in [3.8, 4) is 6.07 Å². The van der Waals surface area contributed by atoms with Crippen LogP contribution in [0.5, 0.6) is 0 Å². The fourth-order valence-electron chi connectivity index (χ4n) is 3.42. The van der Waals surface area contributed by atoms with Gasteiger partial charge < -0.3 is 4.98 Å². The van der Waals surface area contributed by atoms with Crippen molar-refractivity contribution >= 4 is 28.6 Å². The minimum Gasteiger partial charge on any atom is -0.346 e. The Hall–Kier alpha value is -3.73. The van der Waals surface area contributed by atoms with Gasteiger partial charge in [0.05, 0.1) is 12.1 Å². The van der Waals surface area contributed by atoms with Crippen LogP contribution in [0.3, 0.4) is 0 Å². The number of fused-ring (bicyclic) bond motifs is 2. The van der Waals surface area contributed by atoms with E-state index in [0.717, 1.165) is 18.2 Å². The van der Waals surface area contributed by atoms with Crippen LogP contribution in [0, 0.1) is 6.07 Å². The zero-order valence-corrected chi connectivity index (χ0v) is 14.7. The lowest BCUT2D eigenvalue weighted by molar-refractivity contribution is 0.715. The number of nitrogens with zero attached hydrogens (tertiary/aromatic N) is 6. The van der Waals surface area contributed by atoms with Crippen LogP contribution in [0.15, 0.2) is 42.7 Å². The van der Waals surface area contributed by atoms with E-state index in [4.69, 9.17) is 0 Å². The number of aromatic nitrogens is 6. The van der Waals surface area contributed by atoms with E-state index in [-0.39, 0.29) is 5.92 Å². The Morgan fingerprint density at radius 1 is 1.26 bits per heavy atom. The average Bonchev–Trinajstić information content (AvgIpc) is 3.40. The molecule has 5 rings (SSSR count). The summed E-state index contributed by atoms with van der Waals surface area (Å²) < 4.78 is 1.61. The van der Waals surface area contributed by atoms with E-state index in [9.17, 15) is 0 Å². The van der Waals surface area contributed by atoms with Crippen molar-refractivity contribution in [2.75, 3.05) is 5.32 Å². The number of benzene rings is 1. The molecule has 0 saturated heterocycles. The van der Waals surface area contributed by atoms with Gasteiger partial charge in [0.2, 0.25) is 0 Å². The number of H-pyrrole nitrogens is 1. The summed E-state index contributed by atoms with van der Waals surface area (Å²) in [5, 5.41) is 11.8. The third kappa shape index (κ3) is 2.89. The number of anilines is 2. The summed E-state index contributed by atoms with van der Waals surface area (Å²) in [7, 11) is 1.80. The average molecular weight is 357 g/mol. The maximum absolute atomic E-state index is 4.59. The van der Waals surface area contributed by atoms with Gasteiger partial charge in [0.15, 0.2) is 17.5 Å². The number of aromatic amines is 1. The van der Waals surface area contributed by atoms with E-state index < -0.39 is 0 Å². The molecule has 8 nitrogen and oxygen atoms in total. The van der Waals surface area contributed by atoms with E-state index in [0.29, 0.717) is 23.2 Å². The second kappa shape index (κ2) is 6.21. The highest BCUT2D eigenvalue weighted by Crippen LogP contribution is 2.33. The topological polar surface area (TPSA) is 88.7 Å². The van der Waals surface area contributed by atoms with Crippen molar-refractivity contribution in [1.29, 1.82) is 0 Å². The first-order valence-electron chi connectivity index (χ1n) is 8.79. The molecule has 0 bridgehead atoms. The van der Waals surface area contributed by atoms with Crippen LogP contribution in [0.2, 0.25) is 0 Å². The lowest BCUT2D eigenvalue weighted by atomic mass is 10.0. The molecule has 0 saturated carbocycles. The van der Waals surface area contributed by atoms with Crippen LogP contribution in [0.4, 0.5) is 17.6 Å². The molecule has 0 fully saturated rings. The van der Waals surface area contributed by atoms with Crippen LogP contribution in [-0.2, 0) is 13.5 Å². The fraction of sp³-hybridized carbons (Fsp3) is 0.211. The molecule has 27 heavy (non-hydrogen) atoms. The number of aryl methyl sites for hydroxylation is 2. The molecular formula is C19H17N8+. The molecule has 132 valence electrons. The highest BCUT2D eigenvalue weighted by atomic mass is 15.4. The summed E-state index contributed by atoms with van der Waals surface area (Å²) in [6.07, 6.45) is 5.67. The summed E-state index contributed by atoms with van der Waals surface area (Å²) in [6.45, 7) is 0. The van der Waals surface area contributed by atoms with Crippen molar-refractivity contribution < 1.29 is 0 Å². The predicted molar refractivity (Wildman–Crippen MR) is 103 cm³/mol. The molecule has 1 aromatic carbocycles. The summed E-state index contributed by atoms with van der Waals surface area (Å²) in [5.74, 6) is 1.77. The summed E-state index contributed by atoms with van der Waals surface area (Å²) in [6, 6.07) is 13.7. The first-order valence-corrected chi connectivity index (χ1v) is 8.79. The normalized spacial score (nSPS) is 15.4. The molecule has 1 atom stereocenters. The zero-order chi connectivity index (χ0) is 18.2. The van der Waals surface area contributed by atoms with Crippen LogP contribution < -0.4 is 5.32 Å². The van der Waals surface area contributed by atoms with Gasteiger partial charge in [-0.05, 0) is 30.0 Å². The third-order valence-electron chi connectivity index (χ3n) is 4.70. The van der Waals surface area contributed by atoms with E-state index in [1.165, 1.54) is 11.1 Å². The van der Waals surface area contributed by atoms with Gasteiger partial charge in [-0.2, -0.15) is 9.83 Å². The Bertz CT molecular complexity index is 1190. The number of hydrogen-bond acceptors (Lipinski definition) is 5. The van der Waals surface area contributed by atoms with Gasteiger partial charge >= 0.3 is 11.8 Å². The molecule has 3 heterocycles. The van der Waals surface area contributed by atoms with E-state index in [1.54, 1.807) is 17.9 Å². The molecule has 0 spiro atoms. The van der Waals surface area contributed by atoms with Crippen LogP contribution in [0.25, 0.3) is 15.9 Å². The zero-order valence-electron chi connectivity index (χ0n) is 14.7. The maximum atomic E-state index is 4.59. The van der Waals surface area contributed by atoms with Gasteiger partial charge in [-0.1, -0.05) is 29.5 Å². The van der Waals surface area contributed by atoms with E-state index >= 15 is 0 Å². The number of hydrogen-bond donors (Lipinski definition) is 2. The highest BCUT2D eigenvalue weighted by Gasteiger charge is 2.24. The minimum atomic E-state index is 0.196. The van der Waals surface area contributed by atoms with Gasteiger partial charge in [0.1, 0.15) is 5.39 Å². The molecular weight excluding hydrogens is 340 g/mol. The minimum absolute atomic E-state index is 0.196. The fourth-order valence-corrected chi connectivity index (χ4v) is 3.42. The van der Waals surface area contributed by atoms with Crippen LogP contribution >= 0.6 is 0 Å². The molecule has 1 aliphatic rings. The second-order valence-corrected chi connectivity index (χ2v) is 6.54. The molecule has 8 heteroatoms. The number of rotatable bonds is 2.